The maximum atomic E-state index is 5.73. The molecule has 20 heavy (non-hydrogen) atoms. The number of hydrogen-bond acceptors (Lipinski definition) is 6. The van der Waals surface area contributed by atoms with E-state index in [1.165, 1.54) is 0 Å². The second-order valence-corrected chi connectivity index (χ2v) is 4.41. The normalized spacial score (nSPS) is 10.6. The van der Waals surface area contributed by atoms with E-state index in [4.69, 9.17) is 15.2 Å². The highest BCUT2D eigenvalue weighted by Gasteiger charge is 2.12. The molecule has 0 aliphatic carbocycles. The molecule has 6 heteroatoms. The van der Waals surface area contributed by atoms with Gasteiger partial charge in [-0.1, -0.05) is 0 Å². The van der Waals surface area contributed by atoms with Gasteiger partial charge in [-0.05, 0) is 32.9 Å². The SMILES string of the molecule is CCOc1ncccc1-c1cc(OC(C)C)nc(N)n1. The summed E-state index contributed by atoms with van der Waals surface area (Å²) in [7, 11) is 0. The summed E-state index contributed by atoms with van der Waals surface area (Å²) < 4.78 is 11.1. The number of rotatable bonds is 5. The Kier molecular flexibility index (Phi) is 4.34. The number of nitrogens with zero attached hydrogens (tertiary/aromatic N) is 3. The molecule has 2 heterocycles. The van der Waals surface area contributed by atoms with Gasteiger partial charge in [0, 0.05) is 12.3 Å². The molecule has 106 valence electrons. The maximum absolute atomic E-state index is 5.73. The number of nitrogens with two attached hydrogens (primary N) is 1. The highest BCUT2D eigenvalue weighted by Crippen LogP contribution is 2.28. The molecule has 6 nitrogen and oxygen atoms in total. The molecule has 0 aromatic carbocycles. The Bertz CT molecular complexity index is 587. The van der Waals surface area contributed by atoms with Crippen molar-refractivity contribution in [2.24, 2.45) is 0 Å². The molecule has 0 aliphatic heterocycles. The van der Waals surface area contributed by atoms with Crippen molar-refractivity contribution in [2.45, 2.75) is 26.9 Å². The topological polar surface area (TPSA) is 83.2 Å². The highest BCUT2D eigenvalue weighted by molar-refractivity contribution is 5.66. The molecule has 0 bridgehead atoms. The molecule has 2 rings (SSSR count). The van der Waals surface area contributed by atoms with Crippen molar-refractivity contribution in [1.82, 2.24) is 15.0 Å². The summed E-state index contributed by atoms with van der Waals surface area (Å²) in [4.78, 5) is 12.5. The number of hydrogen-bond donors (Lipinski definition) is 1. The largest absolute Gasteiger partial charge is 0.477 e. The van der Waals surface area contributed by atoms with Crippen LogP contribution < -0.4 is 15.2 Å². The van der Waals surface area contributed by atoms with Gasteiger partial charge in [0.2, 0.25) is 17.7 Å². The molecule has 2 aromatic rings. The molecule has 0 saturated heterocycles. The Balaban J connectivity index is 2.44. The first-order chi connectivity index (χ1) is 9.60. The van der Waals surface area contributed by atoms with Gasteiger partial charge in [0.1, 0.15) is 0 Å². The van der Waals surface area contributed by atoms with Gasteiger partial charge in [0.05, 0.1) is 24.0 Å². The van der Waals surface area contributed by atoms with Crippen molar-refractivity contribution in [2.75, 3.05) is 12.3 Å². The van der Waals surface area contributed by atoms with Crippen molar-refractivity contribution >= 4 is 5.95 Å². The van der Waals surface area contributed by atoms with Crippen molar-refractivity contribution in [3.8, 4) is 23.0 Å². The first-order valence-corrected chi connectivity index (χ1v) is 6.49. The molecule has 0 unspecified atom stereocenters. The molecule has 0 radical (unpaired) electrons. The van der Waals surface area contributed by atoms with Gasteiger partial charge >= 0.3 is 0 Å². The lowest BCUT2D eigenvalue weighted by molar-refractivity contribution is 0.233. The van der Waals surface area contributed by atoms with Gasteiger partial charge in [0.25, 0.3) is 0 Å². The van der Waals surface area contributed by atoms with Crippen LogP contribution in [0.25, 0.3) is 11.3 Å². The second kappa shape index (κ2) is 6.18. The highest BCUT2D eigenvalue weighted by atomic mass is 16.5. The number of ether oxygens (including phenoxy) is 2. The predicted octanol–water partition coefficient (Wildman–Crippen LogP) is 2.31. The van der Waals surface area contributed by atoms with Gasteiger partial charge in [-0.3, -0.25) is 0 Å². The summed E-state index contributed by atoms with van der Waals surface area (Å²) in [5.74, 6) is 1.11. The summed E-state index contributed by atoms with van der Waals surface area (Å²) >= 11 is 0. The summed E-state index contributed by atoms with van der Waals surface area (Å²) in [6.07, 6.45) is 1.68. The van der Waals surface area contributed by atoms with E-state index >= 15 is 0 Å². The van der Waals surface area contributed by atoms with Crippen LogP contribution in [0.3, 0.4) is 0 Å². The van der Waals surface area contributed by atoms with E-state index in [1.807, 2.05) is 32.9 Å². The molecule has 0 atom stereocenters. The quantitative estimate of drug-likeness (QED) is 0.900. The maximum Gasteiger partial charge on any atom is 0.223 e. The number of nitrogen functional groups attached to an aromatic ring is 1. The van der Waals surface area contributed by atoms with Crippen LogP contribution in [-0.2, 0) is 0 Å². The van der Waals surface area contributed by atoms with Crippen LogP contribution in [0.5, 0.6) is 11.8 Å². The van der Waals surface area contributed by atoms with E-state index < -0.39 is 0 Å². The zero-order valence-electron chi connectivity index (χ0n) is 11.8. The van der Waals surface area contributed by atoms with Gasteiger partial charge in [-0.15, -0.1) is 0 Å². The molecular formula is C14H18N4O2. The van der Waals surface area contributed by atoms with Crippen LogP contribution in [0.2, 0.25) is 0 Å². The Hall–Kier alpha value is -2.37. The predicted molar refractivity (Wildman–Crippen MR) is 76.6 cm³/mol. The first kappa shape index (κ1) is 14.0. The standard InChI is InChI=1S/C14H18N4O2/c1-4-19-13-10(6-5-7-16-13)11-8-12(20-9(2)3)18-14(15)17-11/h5-9H,4H2,1-3H3,(H2,15,17,18). The third kappa shape index (κ3) is 3.34. The molecular weight excluding hydrogens is 256 g/mol. The average molecular weight is 274 g/mol. The summed E-state index contributed by atoms with van der Waals surface area (Å²) in [6.45, 7) is 6.28. The summed E-state index contributed by atoms with van der Waals surface area (Å²) in [6, 6.07) is 5.42. The molecule has 2 N–H and O–H groups in total. The van der Waals surface area contributed by atoms with Crippen molar-refractivity contribution in [1.29, 1.82) is 0 Å². The van der Waals surface area contributed by atoms with Crippen LogP contribution in [0, 0.1) is 0 Å². The Morgan fingerprint density at radius 2 is 2.10 bits per heavy atom. The van der Waals surface area contributed by atoms with Crippen molar-refractivity contribution in [3.05, 3.63) is 24.4 Å². The van der Waals surface area contributed by atoms with Crippen LogP contribution in [-0.4, -0.2) is 27.7 Å². The van der Waals surface area contributed by atoms with Gasteiger partial charge < -0.3 is 15.2 Å². The molecule has 2 aromatic heterocycles. The lowest BCUT2D eigenvalue weighted by Crippen LogP contribution is -2.09. The number of aromatic nitrogens is 3. The fourth-order valence-corrected chi connectivity index (χ4v) is 1.72. The smallest absolute Gasteiger partial charge is 0.223 e. The third-order valence-electron chi connectivity index (χ3n) is 2.40. The Labute approximate surface area is 118 Å². The zero-order valence-corrected chi connectivity index (χ0v) is 11.8. The van der Waals surface area contributed by atoms with E-state index in [9.17, 15) is 0 Å². The van der Waals surface area contributed by atoms with Crippen LogP contribution in [0.1, 0.15) is 20.8 Å². The van der Waals surface area contributed by atoms with Crippen molar-refractivity contribution in [3.63, 3.8) is 0 Å². The van der Waals surface area contributed by atoms with E-state index in [2.05, 4.69) is 15.0 Å². The van der Waals surface area contributed by atoms with E-state index in [0.29, 0.717) is 24.1 Å². The number of pyridine rings is 1. The summed E-state index contributed by atoms with van der Waals surface area (Å²) in [5.41, 5.74) is 7.12. The van der Waals surface area contributed by atoms with E-state index in [1.54, 1.807) is 12.3 Å². The molecule has 0 amide bonds. The van der Waals surface area contributed by atoms with Crippen molar-refractivity contribution < 1.29 is 9.47 Å². The third-order valence-corrected chi connectivity index (χ3v) is 2.40. The minimum atomic E-state index is 0.0115. The van der Waals surface area contributed by atoms with Gasteiger partial charge in [-0.2, -0.15) is 4.98 Å². The van der Waals surface area contributed by atoms with Crippen LogP contribution >= 0.6 is 0 Å². The summed E-state index contributed by atoms with van der Waals surface area (Å²) in [5, 5.41) is 0. The molecule has 0 saturated carbocycles. The second-order valence-electron chi connectivity index (χ2n) is 4.41. The molecule has 0 spiro atoms. The molecule has 0 fully saturated rings. The fraction of sp³-hybridized carbons (Fsp3) is 0.357. The van der Waals surface area contributed by atoms with E-state index in [0.717, 1.165) is 5.56 Å². The number of anilines is 1. The Morgan fingerprint density at radius 1 is 1.30 bits per heavy atom. The van der Waals surface area contributed by atoms with Crippen LogP contribution in [0.15, 0.2) is 24.4 Å². The fourth-order valence-electron chi connectivity index (χ4n) is 1.72. The Morgan fingerprint density at radius 3 is 2.80 bits per heavy atom. The minimum Gasteiger partial charge on any atom is -0.477 e. The molecule has 0 aliphatic rings. The van der Waals surface area contributed by atoms with Crippen LogP contribution in [0.4, 0.5) is 5.95 Å². The first-order valence-electron chi connectivity index (χ1n) is 6.49. The average Bonchev–Trinajstić information content (AvgIpc) is 2.38. The van der Waals surface area contributed by atoms with E-state index in [-0.39, 0.29) is 12.1 Å². The zero-order chi connectivity index (χ0) is 14.5. The monoisotopic (exact) mass is 274 g/mol. The lowest BCUT2D eigenvalue weighted by Gasteiger charge is -2.12. The van der Waals surface area contributed by atoms with Gasteiger partial charge in [-0.25, -0.2) is 9.97 Å². The van der Waals surface area contributed by atoms with Gasteiger partial charge in [0.15, 0.2) is 0 Å². The lowest BCUT2D eigenvalue weighted by atomic mass is 10.2. The minimum absolute atomic E-state index is 0.0115.